The Morgan fingerprint density at radius 2 is 2.12 bits per heavy atom. The molecule has 1 unspecified atom stereocenters. The highest BCUT2D eigenvalue weighted by Gasteiger charge is 2.17. The van der Waals surface area contributed by atoms with Gasteiger partial charge < -0.3 is 20.1 Å². The van der Waals surface area contributed by atoms with Crippen molar-refractivity contribution >= 4 is 17.3 Å². The first-order valence-corrected chi connectivity index (χ1v) is 8.64. The minimum absolute atomic E-state index is 0.116. The number of hydrogen-bond acceptors (Lipinski definition) is 4. The van der Waals surface area contributed by atoms with E-state index in [9.17, 15) is 4.79 Å². The maximum Gasteiger partial charge on any atom is 0.243 e. The summed E-state index contributed by atoms with van der Waals surface area (Å²) in [7, 11) is 0. The summed E-state index contributed by atoms with van der Waals surface area (Å²) in [6, 6.07) is 15.4. The third-order valence-corrected chi connectivity index (χ3v) is 4.08. The van der Waals surface area contributed by atoms with E-state index in [4.69, 9.17) is 9.47 Å². The molecule has 0 spiro atoms. The number of amides is 1. The second-order valence-corrected chi connectivity index (χ2v) is 6.21. The van der Waals surface area contributed by atoms with Crippen molar-refractivity contribution < 1.29 is 14.3 Å². The van der Waals surface area contributed by atoms with Crippen LogP contribution < -0.4 is 15.4 Å². The van der Waals surface area contributed by atoms with Crippen molar-refractivity contribution in [2.24, 2.45) is 0 Å². The molecule has 0 saturated carbocycles. The molecule has 3 rings (SSSR count). The van der Waals surface area contributed by atoms with E-state index < -0.39 is 0 Å². The number of anilines is 2. The van der Waals surface area contributed by atoms with Gasteiger partial charge in [-0.25, -0.2) is 0 Å². The Bertz CT molecular complexity index is 712. The number of hydrogen-bond donors (Lipinski definition) is 2. The molecule has 1 aliphatic heterocycles. The van der Waals surface area contributed by atoms with Gasteiger partial charge in [-0.1, -0.05) is 24.3 Å². The van der Waals surface area contributed by atoms with E-state index >= 15 is 0 Å². The summed E-state index contributed by atoms with van der Waals surface area (Å²) in [6.07, 6.45) is 2.25. The maximum absolute atomic E-state index is 12.2. The SMILES string of the molecule is Cc1cccc(NCC(=O)Nc2ccccc2OCC2CCCO2)c1. The largest absolute Gasteiger partial charge is 0.489 e. The minimum atomic E-state index is -0.116. The highest BCUT2D eigenvalue weighted by atomic mass is 16.5. The van der Waals surface area contributed by atoms with Crippen LogP contribution in [0.1, 0.15) is 18.4 Å². The molecule has 2 aromatic carbocycles. The quantitative estimate of drug-likeness (QED) is 0.808. The van der Waals surface area contributed by atoms with Crippen LogP contribution in [0.25, 0.3) is 0 Å². The fourth-order valence-corrected chi connectivity index (χ4v) is 2.79. The lowest BCUT2D eigenvalue weighted by Gasteiger charge is -2.15. The van der Waals surface area contributed by atoms with Gasteiger partial charge in [-0.05, 0) is 49.6 Å². The van der Waals surface area contributed by atoms with Crippen LogP contribution in [0.3, 0.4) is 0 Å². The molecule has 5 heteroatoms. The number of benzene rings is 2. The summed E-state index contributed by atoms with van der Waals surface area (Å²) in [5.41, 5.74) is 2.76. The standard InChI is InChI=1S/C20H24N2O3/c1-15-6-4-7-16(12-15)21-13-20(23)22-18-9-2-3-10-19(18)25-14-17-8-5-11-24-17/h2-4,6-7,9-10,12,17,21H,5,8,11,13-14H2,1H3,(H,22,23). The molecule has 1 atom stereocenters. The zero-order chi connectivity index (χ0) is 17.5. The second-order valence-electron chi connectivity index (χ2n) is 6.21. The Morgan fingerprint density at radius 3 is 2.92 bits per heavy atom. The first kappa shape index (κ1) is 17.3. The van der Waals surface area contributed by atoms with Gasteiger partial charge in [0.05, 0.1) is 18.3 Å². The predicted molar refractivity (Wildman–Crippen MR) is 99.2 cm³/mol. The number of rotatable bonds is 7. The zero-order valence-corrected chi connectivity index (χ0v) is 14.5. The van der Waals surface area contributed by atoms with Crippen LogP contribution in [-0.2, 0) is 9.53 Å². The normalized spacial score (nSPS) is 16.4. The van der Waals surface area contributed by atoms with Gasteiger partial charge in [0.25, 0.3) is 0 Å². The Labute approximate surface area is 148 Å². The smallest absolute Gasteiger partial charge is 0.243 e. The van der Waals surface area contributed by atoms with E-state index in [2.05, 4.69) is 10.6 Å². The van der Waals surface area contributed by atoms with Gasteiger partial charge in [-0.3, -0.25) is 4.79 Å². The van der Waals surface area contributed by atoms with Crippen molar-refractivity contribution in [1.29, 1.82) is 0 Å². The van der Waals surface area contributed by atoms with Crippen molar-refractivity contribution in [1.82, 2.24) is 0 Å². The van der Waals surface area contributed by atoms with Crippen LogP contribution in [0.2, 0.25) is 0 Å². The topological polar surface area (TPSA) is 59.6 Å². The molecule has 0 aliphatic carbocycles. The zero-order valence-electron chi connectivity index (χ0n) is 14.5. The Morgan fingerprint density at radius 1 is 1.24 bits per heavy atom. The molecular formula is C20H24N2O3. The molecule has 2 aromatic rings. The monoisotopic (exact) mass is 340 g/mol. The molecule has 132 valence electrons. The van der Waals surface area contributed by atoms with Gasteiger partial charge in [-0.2, -0.15) is 0 Å². The highest BCUT2D eigenvalue weighted by Crippen LogP contribution is 2.25. The lowest BCUT2D eigenvalue weighted by molar-refractivity contribution is -0.114. The summed E-state index contributed by atoms with van der Waals surface area (Å²) in [4.78, 5) is 12.2. The molecule has 2 N–H and O–H groups in total. The van der Waals surface area contributed by atoms with E-state index in [0.717, 1.165) is 30.7 Å². The molecule has 0 bridgehead atoms. The van der Waals surface area contributed by atoms with Crippen LogP contribution in [0, 0.1) is 6.92 Å². The number of aryl methyl sites for hydroxylation is 1. The van der Waals surface area contributed by atoms with Gasteiger partial charge in [0.2, 0.25) is 5.91 Å². The number of para-hydroxylation sites is 2. The van der Waals surface area contributed by atoms with E-state index in [1.54, 1.807) is 0 Å². The molecule has 0 aromatic heterocycles. The fourth-order valence-electron chi connectivity index (χ4n) is 2.79. The van der Waals surface area contributed by atoms with Crippen LogP contribution in [0.15, 0.2) is 48.5 Å². The Kier molecular flexibility index (Phi) is 5.90. The van der Waals surface area contributed by atoms with Crippen LogP contribution in [-0.4, -0.2) is 31.8 Å². The molecule has 1 aliphatic rings. The summed E-state index contributed by atoms with van der Waals surface area (Å²) in [5.74, 6) is 0.552. The number of ether oxygens (including phenoxy) is 2. The van der Waals surface area contributed by atoms with Gasteiger partial charge >= 0.3 is 0 Å². The minimum Gasteiger partial charge on any atom is -0.489 e. The van der Waals surface area contributed by atoms with Crippen molar-refractivity contribution in [3.63, 3.8) is 0 Å². The van der Waals surface area contributed by atoms with Gasteiger partial charge in [0.1, 0.15) is 12.4 Å². The summed E-state index contributed by atoms with van der Waals surface area (Å²) in [5, 5.41) is 6.03. The molecule has 5 nitrogen and oxygen atoms in total. The molecule has 1 saturated heterocycles. The van der Waals surface area contributed by atoms with Crippen LogP contribution in [0.5, 0.6) is 5.75 Å². The summed E-state index contributed by atoms with van der Waals surface area (Å²) >= 11 is 0. The van der Waals surface area contributed by atoms with Crippen molar-refractivity contribution in [3.8, 4) is 5.75 Å². The average Bonchev–Trinajstić information content (AvgIpc) is 3.13. The Hall–Kier alpha value is -2.53. The molecule has 1 amide bonds. The van der Waals surface area contributed by atoms with E-state index in [-0.39, 0.29) is 18.6 Å². The third kappa shape index (κ3) is 5.22. The van der Waals surface area contributed by atoms with Crippen molar-refractivity contribution in [3.05, 3.63) is 54.1 Å². The average molecular weight is 340 g/mol. The first-order chi connectivity index (χ1) is 12.2. The van der Waals surface area contributed by atoms with Gasteiger partial charge in [0, 0.05) is 12.3 Å². The predicted octanol–water partition coefficient (Wildman–Crippen LogP) is 3.60. The van der Waals surface area contributed by atoms with Crippen LogP contribution >= 0.6 is 0 Å². The summed E-state index contributed by atoms with van der Waals surface area (Å²) < 4.78 is 11.4. The molecule has 1 heterocycles. The lowest BCUT2D eigenvalue weighted by Crippen LogP contribution is -2.22. The third-order valence-electron chi connectivity index (χ3n) is 4.08. The lowest BCUT2D eigenvalue weighted by atomic mass is 10.2. The van der Waals surface area contributed by atoms with Gasteiger partial charge in [-0.15, -0.1) is 0 Å². The number of carbonyl (C=O) groups is 1. The fraction of sp³-hybridized carbons (Fsp3) is 0.350. The molecule has 1 fully saturated rings. The summed E-state index contributed by atoms with van der Waals surface area (Å²) in [6.45, 7) is 3.53. The molecule has 25 heavy (non-hydrogen) atoms. The second kappa shape index (κ2) is 8.53. The van der Waals surface area contributed by atoms with E-state index in [1.807, 2.05) is 55.5 Å². The van der Waals surface area contributed by atoms with Crippen LogP contribution in [0.4, 0.5) is 11.4 Å². The first-order valence-electron chi connectivity index (χ1n) is 8.64. The number of nitrogens with one attached hydrogen (secondary N) is 2. The molecular weight excluding hydrogens is 316 g/mol. The van der Waals surface area contributed by atoms with E-state index in [1.165, 1.54) is 0 Å². The van der Waals surface area contributed by atoms with Gasteiger partial charge in [0.15, 0.2) is 0 Å². The van der Waals surface area contributed by atoms with Crippen molar-refractivity contribution in [2.75, 3.05) is 30.4 Å². The van der Waals surface area contributed by atoms with E-state index in [0.29, 0.717) is 18.0 Å². The maximum atomic E-state index is 12.2. The molecule has 0 radical (unpaired) electrons. The highest BCUT2D eigenvalue weighted by molar-refractivity contribution is 5.95. The number of carbonyl (C=O) groups excluding carboxylic acids is 1. The Balaban J connectivity index is 1.53. The van der Waals surface area contributed by atoms with Crippen molar-refractivity contribution in [2.45, 2.75) is 25.9 Å².